The lowest BCUT2D eigenvalue weighted by molar-refractivity contribution is 0.0931. The van der Waals surface area contributed by atoms with Crippen LogP contribution in [0.15, 0.2) is 64.8 Å². The van der Waals surface area contributed by atoms with Gasteiger partial charge in [0.2, 0.25) is 0 Å². The molecule has 186 valence electrons. The first-order valence-corrected chi connectivity index (χ1v) is 14.3. The molecule has 0 atom stereocenters. The molecule has 0 unspecified atom stereocenters. The Bertz CT molecular complexity index is 1390. The molecule has 1 aliphatic rings. The van der Waals surface area contributed by atoms with Gasteiger partial charge in [0.05, 0.1) is 10.3 Å². The van der Waals surface area contributed by atoms with E-state index in [1.807, 2.05) is 37.3 Å². The fourth-order valence-electron chi connectivity index (χ4n) is 4.73. The lowest BCUT2D eigenvalue weighted by Crippen LogP contribution is -2.36. The molecule has 0 radical (unpaired) electrons. The summed E-state index contributed by atoms with van der Waals surface area (Å²) < 4.78 is 1.78. The minimum Gasteiger partial charge on any atom is -0.349 e. The number of fused-ring (bicyclic) bond motifs is 1. The average Bonchev–Trinajstić information content (AvgIpc) is 3.25. The fraction of sp³-hybridized carbons (Fsp3) is 0.357. The van der Waals surface area contributed by atoms with E-state index in [0.29, 0.717) is 32.5 Å². The third-order valence-electron chi connectivity index (χ3n) is 6.75. The van der Waals surface area contributed by atoms with Crippen LogP contribution in [0.4, 0.5) is 0 Å². The summed E-state index contributed by atoms with van der Waals surface area (Å²) in [6.45, 7) is 2.41. The molecule has 3 heterocycles. The number of carbonyl (C=O) groups is 1. The number of carbonyl (C=O) groups excluding carboxylic acids is 1. The van der Waals surface area contributed by atoms with Crippen molar-refractivity contribution >= 4 is 39.2 Å². The van der Waals surface area contributed by atoms with Gasteiger partial charge in [0.25, 0.3) is 11.5 Å². The summed E-state index contributed by atoms with van der Waals surface area (Å²) in [5.41, 5.74) is 2.96. The van der Waals surface area contributed by atoms with Crippen molar-refractivity contribution in [1.82, 2.24) is 19.9 Å². The third-order valence-corrected chi connectivity index (χ3v) is 8.98. The van der Waals surface area contributed by atoms with Gasteiger partial charge in [0, 0.05) is 30.7 Å². The molecule has 1 amide bonds. The highest BCUT2D eigenvalue weighted by molar-refractivity contribution is 7.98. The van der Waals surface area contributed by atoms with Crippen LogP contribution in [0, 0.1) is 6.92 Å². The molecule has 3 aromatic heterocycles. The Kier molecular flexibility index (Phi) is 7.82. The van der Waals surface area contributed by atoms with Crippen molar-refractivity contribution in [3.8, 4) is 0 Å². The number of thioether (sulfide) groups is 1. The number of thiophene rings is 1. The number of benzene rings is 1. The van der Waals surface area contributed by atoms with Gasteiger partial charge in [-0.3, -0.25) is 19.1 Å². The molecule has 36 heavy (non-hydrogen) atoms. The van der Waals surface area contributed by atoms with Crippen molar-refractivity contribution in [2.45, 2.75) is 68.9 Å². The van der Waals surface area contributed by atoms with E-state index in [1.165, 1.54) is 23.3 Å². The predicted molar refractivity (Wildman–Crippen MR) is 147 cm³/mol. The summed E-state index contributed by atoms with van der Waals surface area (Å²) in [5, 5.41) is 4.45. The number of nitrogens with zero attached hydrogens (tertiary/aromatic N) is 3. The highest BCUT2D eigenvalue weighted by atomic mass is 32.2. The van der Waals surface area contributed by atoms with Crippen LogP contribution < -0.4 is 10.9 Å². The number of nitrogens with one attached hydrogen (secondary N) is 1. The molecule has 0 spiro atoms. The van der Waals surface area contributed by atoms with Crippen LogP contribution in [0.25, 0.3) is 10.2 Å². The lowest BCUT2D eigenvalue weighted by atomic mass is 9.95. The Hall–Kier alpha value is -2.97. The van der Waals surface area contributed by atoms with E-state index in [-0.39, 0.29) is 17.5 Å². The summed E-state index contributed by atoms with van der Waals surface area (Å²) in [5.74, 6) is 0.606. The van der Waals surface area contributed by atoms with E-state index in [2.05, 4.69) is 22.4 Å². The molecule has 4 aromatic rings. The van der Waals surface area contributed by atoms with E-state index in [1.54, 1.807) is 28.7 Å². The molecule has 5 rings (SSSR count). The highest BCUT2D eigenvalue weighted by Crippen LogP contribution is 2.31. The number of aryl methyl sites for hydroxylation is 2. The zero-order valence-electron chi connectivity index (χ0n) is 20.4. The van der Waals surface area contributed by atoms with Gasteiger partial charge in [-0.25, -0.2) is 4.98 Å². The van der Waals surface area contributed by atoms with Gasteiger partial charge in [-0.2, -0.15) is 0 Å². The summed E-state index contributed by atoms with van der Waals surface area (Å²) in [4.78, 5) is 37.2. The summed E-state index contributed by atoms with van der Waals surface area (Å²) in [6.07, 6.45) is 9.87. The number of aromatic nitrogens is 3. The molecule has 6 nitrogen and oxygen atoms in total. The molecule has 0 saturated heterocycles. The molecule has 1 aromatic carbocycles. The molecular weight excluding hydrogens is 488 g/mol. The number of amides is 1. The maximum atomic E-state index is 13.8. The SMILES string of the molecule is Cc1c(C(=O)NC2CCCCC2)sc2nc(SCc3ccncc3)n(CCc3ccccc3)c(=O)c12. The maximum Gasteiger partial charge on any atom is 0.263 e. The second-order valence-corrected chi connectivity index (χ2v) is 11.2. The van der Waals surface area contributed by atoms with Crippen LogP contribution in [-0.4, -0.2) is 26.5 Å². The van der Waals surface area contributed by atoms with E-state index >= 15 is 0 Å². The summed E-state index contributed by atoms with van der Waals surface area (Å²) in [7, 11) is 0. The minimum atomic E-state index is -0.0800. The van der Waals surface area contributed by atoms with E-state index in [9.17, 15) is 9.59 Å². The van der Waals surface area contributed by atoms with E-state index in [0.717, 1.165) is 43.2 Å². The van der Waals surface area contributed by atoms with Gasteiger partial charge < -0.3 is 5.32 Å². The second-order valence-electron chi connectivity index (χ2n) is 9.28. The Morgan fingerprint density at radius 2 is 1.83 bits per heavy atom. The summed E-state index contributed by atoms with van der Waals surface area (Å²) >= 11 is 2.88. The zero-order chi connectivity index (χ0) is 24.9. The van der Waals surface area contributed by atoms with Gasteiger partial charge in [0.15, 0.2) is 5.16 Å². The van der Waals surface area contributed by atoms with E-state index < -0.39 is 0 Å². The number of hydrogen-bond donors (Lipinski definition) is 1. The fourth-order valence-corrected chi connectivity index (χ4v) is 6.84. The molecule has 1 aliphatic carbocycles. The first kappa shape index (κ1) is 24.7. The maximum absolute atomic E-state index is 13.8. The average molecular weight is 519 g/mol. The highest BCUT2D eigenvalue weighted by Gasteiger charge is 2.24. The van der Waals surface area contributed by atoms with Crippen LogP contribution in [0.5, 0.6) is 0 Å². The van der Waals surface area contributed by atoms with Crippen LogP contribution in [0.3, 0.4) is 0 Å². The van der Waals surface area contributed by atoms with Crippen molar-refractivity contribution < 1.29 is 4.79 Å². The van der Waals surface area contributed by atoms with Crippen LogP contribution in [-0.2, 0) is 18.7 Å². The number of rotatable bonds is 8. The quantitative estimate of drug-likeness (QED) is 0.237. The smallest absolute Gasteiger partial charge is 0.263 e. The molecule has 1 N–H and O–H groups in total. The number of pyridine rings is 1. The Morgan fingerprint density at radius 1 is 1.08 bits per heavy atom. The number of hydrogen-bond acceptors (Lipinski definition) is 6. The Balaban J connectivity index is 1.48. The van der Waals surface area contributed by atoms with Gasteiger partial charge in [-0.05, 0) is 55.0 Å². The molecule has 8 heteroatoms. The minimum absolute atomic E-state index is 0.0707. The van der Waals surface area contributed by atoms with Crippen LogP contribution in [0.2, 0.25) is 0 Å². The zero-order valence-corrected chi connectivity index (χ0v) is 22.0. The molecule has 1 fully saturated rings. The molecule has 1 saturated carbocycles. The van der Waals surface area contributed by atoms with Crippen LogP contribution in [0.1, 0.15) is 58.5 Å². The Morgan fingerprint density at radius 3 is 2.58 bits per heavy atom. The third kappa shape index (κ3) is 5.55. The molecular formula is C28H30N4O2S2. The normalized spacial score (nSPS) is 14.2. The van der Waals surface area contributed by atoms with Gasteiger partial charge in [-0.1, -0.05) is 61.4 Å². The van der Waals surface area contributed by atoms with Gasteiger partial charge in [0.1, 0.15) is 4.83 Å². The van der Waals surface area contributed by atoms with Crippen molar-refractivity contribution in [3.05, 3.63) is 86.8 Å². The van der Waals surface area contributed by atoms with Crippen molar-refractivity contribution in [2.24, 2.45) is 0 Å². The summed E-state index contributed by atoms with van der Waals surface area (Å²) in [6, 6.07) is 14.3. The second kappa shape index (κ2) is 11.4. The largest absolute Gasteiger partial charge is 0.349 e. The first-order valence-electron chi connectivity index (χ1n) is 12.5. The van der Waals surface area contributed by atoms with Crippen LogP contribution >= 0.6 is 23.1 Å². The van der Waals surface area contributed by atoms with Crippen molar-refractivity contribution in [1.29, 1.82) is 0 Å². The van der Waals surface area contributed by atoms with E-state index in [4.69, 9.17) is 4.98 Å². The predicted octanol–water partition coefficient (Wildman–Crippen LogP) is 5.76. The monoisotopic (exact) mass is 518 g/mol. The van der Waals surface area contributed by atoms with Crippen molar-refractivity contribution in [2.75, 3.05) is 0 Å². The molecule has 0 bridgehead atoms. The topological polar surface area (TPSA) is 76.9 Å². The first-order chi connectivity index (χ1) is 17.6. The standard InChI is InChI=1S/C28H30N4O2S2/c1-19-23-26(36-24(19)25(33)30-22-10-6-3-7-11-22)31-28(35-18-21-12-15-29-16-13-21)32(27(23)34)17-14-20-8-4-2-5-9-20/h2,4-5,8-9,12-13,15-16,22H,3,6-7,10-11,14,17-18H2,1H3,(H,30,33). The van der Waals surface area contributed by atoms with Gasteiger partial charge >= 0.3 is 0 Å². The Labute approximate surface area is 219 Å². The lowest BCUT2D eigenvalue weighted by Gasteiger charge is -2.22. The van der Waals surface area contributed by atoms with Crippen molar-refractivity contribution in [3.63, 3.8) is 0 Å². The molecule has 0 aliphatic heterocycles. The van der Waals surface area contributed by atoms with Gasteiger partial charge in [-0.15, -0.1) is 11.3 Å².